The first-order valence-electron chi connectivity index (χ1n) is 2.52. The van der Waals surface area contributed by atoms with Crippen LogP contribution in [0.2, 0.25) is 0 Å². The fourth-order valence-corrected chi connectivity index (χ4v) is 0.628. The van der Waals surface area contributed by atoms with E-state index in [1.807, 2.05) is 13.0 Å². The van der Waals surface area contributed by atoms with Gasteiger partial charge in [-0.1, -0.05) is 0 Å². The van der Waals surface area contributed by atoms with E-state index in [-0.39, 0.29) is 18.2 Å². The van der Waals surface area contributed by atoms with Crippen LogP contribution < -0.4 is 0 Å². The maximum Gasteiger partial charge on any atom is -0.147 e. The summed E-state index contributed by atoms with van der Waals surface area (Å²) in [6, 6.07) is 0. The molecular formula is C6H10ClOPd. The molecule has 0 amide bonds. The number of carbonyl (C=O) groups is 1. The first-order chi connectivity index (χ1) is 3.68. The van der Waals surface area contributed by atoms with Gasteiger partial charge in [0.2, 0.25) is 0 Å². The summed E-state index contributed by atoms with van der Waals surface area (Å²) >= 11 is 2.86. The van der Waals surface area contributed by atoms with Gasteiger partial charge in [0, 0.05) is 0 Å². The van der Waals surface area contributed by atoms with Crippen LogP contribution in [0.1, 0.15) is 20.3 Å². The van der Waals surface area contributed by atoms with Gasteiger partial charge in [0.1, 0.15) is 0 Å². The molecule has 9 heavy (non-hydrogen) atoms. The molecule has 0 aliphatic rings. The Bertz CT molecular complexity index is 120. The number of rotatable bonds is 2. The Morgan fingerprint density at radius 2 is 2.11 bits per heavy atom. The Kier molecular flexibility index (Phi) is 8.70. The number of allylic oxidation sites excluding steroid dienone is 2. The zero-order chi connectivity index (χ0) is 6.57. The standard InChI is InChI=1S/C6H9O.ClH.Pd/c1-3-4-5-6(2)7;;/h4H,3H2,1-2H3;1H;. The van der Waals surface area contributed by atoms with Crippen molar-refractivity contribution in [3.63, 3.8) is 0 Å². The van der Waals surface area contributed by atoms with Gasteiger partial charge in [0.25, 0.3) is 0 Å². The molecule has 0 aromatic carbocycles. The molecule has 3 heteroatoms. The number of hydrogen-bond acceptors (Lipinski definition) is 1. The van der Waals surface area contributed by atoms with Crippen LogP contribution in [-0.2, 0) is 24.0 Å². The predicted octanol–water partition coefficient (Wildman–Crippen LogP) is 1.84. The van der Waals surface area contributed by atoms with Crippen LogP contribution in [0, 0.1) is 0 Å². The Balaban J connectivity index is 0. The Morgan fingerprint density at radius 1 is 1.67 bits per heavy atom. The van der Waals surface area contributed by atoms with Gasteiger partial charge in [0.05, 0.1) is 0 Å². The zero-order valence-electron chi connectivity index (χ0n) is 5.42. The monoisotopic (exact) mass is 239 g/mol. The molecule has 0 N–H and O–H groups in total. The van der Waals surface area contributed by atoms with E-state index in [2.05, 4.69) is 19.2 Å². The second-order valence-corrected chi connectivity index (χ2v) is 2.32. The number of halogens is 1. The van der Waals surface area contributed by atoms with Crippen LogP contribution in [-0.4, -0.2) is 5.78 Å². The van der Waals surface area contributed by atoms with E-state index in [1.54, 1.807) is 6.92 Å². The van der Waals surface area contributed by atoms with Crippen molar-refractivity contribution in [2.75, 3.05) is 0 Å². The normalized spacial score (nSPS) is 10.4. The molecule has 0 saturated carbocycles. The van der Waals surface area contributed by atoms with Crippen molar-refractivity contribution >= 4 is 18.2 Å². The minimum absolute atomic E-state index is 0. The first-order valence-corrected chi connectivity index (χ1v) is 3.29. The molecule has 0 saturated heterocycles. The van der Waals surface area contributed by atoms with E-state index in [4.69, 9.17) is 0 Å². The van der Waals surface area contributed by atoms with Gasteiger partial charge >= 0.3 is 60.2 Å². The average Bonchev–Trinajstić information content (AvgIpc) is 1.67. The molecule has 0 radical (unpaired) electrons. The van der Waals surface area contributed by atoms with Crippen molar-refractivity contribution in [1.82, 2.24) is 0 Å². The van der Waals surface area contributed by atoms with Crippen molar-refractivity contribution in [2.24, 2.45) is 0 Å². The average molecular weight is 240 g/mol. The van der Waals surface area contributed by atoms with Crippen molar-refractivity contribution < 1.29 is 24.0 Å². The van der Waals surface area contributed by atoms with E-state index in [1.165, 1.54) is 0 Å². The van der Waals surface area contributed by atoms with E-state index < -0.39 is 0 Å². The molecule has 57 valence electrons. The Hall–Kier alpha value is 0.362. The summed E-state index contributed by atoms with van der Waals surface area (Å²) in [5.74, 6) is 0.106. The summed E-state index contributed by atoms with van der Waals surface area (Å²) < 4.78 is 0.718. The SMILES string of the molecule is CCC=[C]([Pd])C(C)=O.Cl. The summed E-state index contributed by atoms with van der Waals surface area (Å²) in [6.07, 6.45) is 2.78. The predicted molar refractivity (Wildman–Crippen MR) is 36.3 cm³/mol. The fourth-order valence-electron chi connectivity index (χ4n) is 0.310. The van der Waals surface area contributed by atoms with Crippen molar-refractivity contribution in [2.45, 2.75) is 20.3 Å². The third-order valence-electron chi connectivity index (χ3n) is 0.685. The number of Topliss-reactive ketones (excluding diaryl/α,β-unsaturated/α-hetero) is 1. The summed E-state index contributed by atoms with van der Waals surface area (Å²) in [6.45, 7) is 3.54. The second kappa shape index (κ2) is 6.48. The van der Waals surface area contributed by atoms with Crippen molar-refractivity contribution in [1.29, 1.82) is 0 Å². The van der Waals surface area contributed by atoms with E-state index in [0.717, 1.165) is 10.5 Å². The zero-order valence-corrected chi connectivity index (χ0v) is 7.79. The van der Waals surface area contributed by atoms with Crippen LogP contribution >= 0.6 is 12.4 Å². The van der Waals surface area contributed by atoms with Crippen molar-refractivity contribution in [3.8, 4) is 0 Å². The topological polar surface area (TPSA) is 17.1 Å². The summed E-state index contributed by atoms with van der Waals surface area (Å²) in [5, 5.41) is 0. The molecule has 0 fully saturated rings. The van der Waals surface area contributed by atoms with Gasteiger partial charge < -0.3 is 0 Å². The van der Waals surface area contributed by atoms with Crippen LogP contribution in [0.3, 0.4) is 0 Å². The molecule has 0 aromatic rings. The third-order valence-corrected chi connectivity index (χ3v) is 1.55. The van der Waals surface area contributed by atoms with Gasteiger partial charge in [-0.05, 0) is 0 Å². The summed E-state index contributed by atoms with van der Waals surface area (Å²) in [7, 11) is 0. The Labute approximate surface area is 72.7 Å². The van der Waals surface area contributed by atoms with Crippen LogP contribution in [0.5, 0.6) is 0 Å². The van der Waals surface area contributed by atoms with E-state index in [0.29, 0.717) is 0 Å². The molecule has 1 nitrogen and oxygen atoms in total. The molecule has 0 atom stereocenters. The maximum absolute atomic E-state index is 10.4. The number of ketones is 1. The van der Waals surface area contributed by atoms with Gasteiger partial charge in [-0.3, -0.25) is 0 Å². The molecule has 0 rings (SSSR count). The first kappa shape index (κ1) is 12.1. The Morgan fingerprint density at radius 3 is 2.22 bits per heavy atom. The number of carbonyl (C=O) groups excluding carboxylic acids is 1. The van der Waals surface area contributed by atoms with Crippen LogP contribution in [0.25, 0.3) is 0 Å². The minimum atomic E-state index is 0. The van der Waals surface area contributed by atoms with Gasteiger partial charge in [-0.25, -0.2) is 0 Å². The second-order valence-electron chi connectivity index (χ2n) is 1.48. The fraction of sp³-hybridized carbons (Fsp3) is 0.500. The van der Waals surface area contributed by atoms with Crippen LogP contribution in [0.4, 0.5) is 0 Å². The molecule has 0 spiro atoms. The smallest absolute Gasteiger partial charge is 0.147 e. The van der Waals surface area contributed by atoms with Gasteiger partial charge in [0.15, 0.2) is 0 Å². The molecular weight excluding hydrogens is 230 g/mol. The maximum atomic E-state index is 10.4. The number of hydrogen-bond donors (Lipinski definition) is 0. The third kappa shape index (κ3) is 6.24. The molecule has 0 heterocycles. The molecule has 0 aliphatic heterocycles. The molecule has 0 unspecified atom stereocenters. The molecule has 0 aromatic heterocycles. The van der Waals surface area contributed by atoms with E-state index in [9.17, 15) is 4.79 Å². The van der Waals surface area contributed by atoms with Gasteiger partial charge in [-0.2, -0.15) is 0 Å². The largest absolute Gasteiger partial charge is 0.147 e. The summed E-state index contributed by atoms with van der Waals surface area (Å²) in [5.41, 5.74) is 0. The molecule has 0 bridgehead atoms. The quantitative estimate of drug-likeness (QED) is 0.531. The van der Waals surface area contributed by atoms with E-state index >= 15 is 0 Å². The van der Waals surface area contributed by atoms with Crippen molar-refractivity contribution in [3.05, 3.63) is 10.1 Å². The molecule has 0 aliphatic carbocycles. The minimum Gasteiger partial charge on any atom is -0.147 e. The summed E-state index contributed by atoms with van der Waals surface area (Å²) in [4.78, 5) is 10.4. The van der Waals surface area contributed by atoms with Crippen LogP contribution in [0.15, 0.2) is 10.1 Å². The van der Waals surface area contributed by atoms with Gasteiger partial charge in [-0.15, -0.1) is 12.4 Å².